The van der Waals surface area contributed by atoms with E-state index in [-0.39, 0.29) is 17.4 Å². The van der Waals surface area contributed by atoms with Gasteiger partial charge < -0.3 is 0 Å². The van der Waals surface area contributed by atoms with Crippen molar-refractivity contribution in [1.29, 1.82) is 0 Å². The minimum Gasteiger partial charge on any atom is -0.299 e. The zero-order valence-corrected chi connectivity index (χ0v) is 13.8. The van der Waals surface area contributed by atoms with Gasteiger partial charge in [0.05, 0.1) is 11.5 Å². The molecule has 0 aromatic heterocycles. The third kappa shape index (κ3) is 4.41. The lowest BCUT2D eigenvalue weighted by Crippen LogP contribution is -2.22. The summed E-state index contributed by atoms with van der Waals surface area (Å²) in [7, 11) is -3.64. The SMILES string of the molecule is O=S(=O)(OCC1CCN(Cc2ccccc2)C1)c1ccccc1. The van der Waals surface area contributed by atoms with E-state index >= 15 is 0 Å². The van der Waals surface area contributed by atoms with E-state index in [1.807, 2.05) is 18.2 Å². The predicted octanol–water partition coefficient (Wildman–Crippen LogP) is 2.91. The molecule has 1 heterocycles. The molecule has 1 saturated heterocycles. The van der Waals surface area contributed by atoms with Crippen LogP contribution in [0.5, 0.6) is 0 Å². The van der Waals surface area contributed by atoms with Crippen molar-refractivity contribution in [2.75, 3.05) is 19.7 Å². The molecule has 0 spiro atoms. The van der Waals surface area contributed by atoms with Crippen molar-refractivity contribution >= 4 is 10.1 Å². The third-order valence-electron chi connectivity index (χ3n) is 4.11. The van der Waals surface area contributed by atoms with Gasteiger partial charge in [-0.15, -0.1) is 0 Å². The van der Waals surface area contributed by atoms with Crippen molar-refractivity contribution in [2.45, 2.75) is 17.9 Å². The number of hydrogen-bond donors (Lipinski definition) is 0. The highest BCUT2D eigenvalue weighted by Crippen LogP contribution is 2.21. The summed E-state index contributed by atoms with van der Waals surface area (Å²) in [5.41, 5.74) is 1.28. The third-order valence-corrected chi connectivity index (χ3v) is 5.41. The standard InChI is InChI=1S/C18H21NO3S/c20-23(21,18-9-5-2-6-10-18)22-15-17-11-12-19(14-17)13-16-7-3-1-4-8-16/h1-10,17H,11-15H2. The minimum absolute atomic E-state index is 0.221. The molecular formula is C18H21NO3S. The molecule has 2 aromatic rings. The Morgan fingerprint density at radius 1 is 1.00 bits per heavy atom. The maximum atomic E-state index is 12.1. The fourth-order valence-electron chi connectivity index (χ4n) is 2.88. The summed E-state index contributed by atoms with van der Waals surface area (Å²) in [6, 6.07) is 18.6. The van der Waals surface area contributed by atoms with Gasteiger partial charge in [-0.2, -0.15) is 8.42 Å². The first kappa shape index (κ1) is 16.2. The van der Waals surface area contributed by atoms with Gasteiger partial charge in [0.25, 0.3) is 10.1 Å². The zero-order chi connectivity index (χ0) is 16.1. The summed E-state index contributed by atoms with van der Waals surface area (Å²) in [6.45, 7) is 3.01. The molecule has 0 amide bonds. The first-order valence-corrected chi connectivity index (χ1v) is 9.25. The van der Waals surface area contributed by atoms with Crippen LogP contribution in [-0.4, -0.2) is 33.0 Å². The van der Waals surface area contributed by atoms with Crippen LogP contribution >= 0.6 is 0 Å². The quantitative estimate of drug-likeness (QED) is 0.764. The minimum atomic E-state index is -3.64. The largest absolute Gasteiger partial charge is 0.299 e. The van der Waals surface area contributed by atoms with Gasteiger partial charge in [0.15, 0.2) is 0 Å². The molecule has 2 aromatic carbocycles. The molecule has 0 radical (unpaired) electrons. The smallest absolute Gasteiger partial charge is 0.296 e. The lowest BCUT2D eigenvalue weighted by atomic mass is 10.1. The molecule has 0 bridgehead atoms. The molecule has 0 N–H and O–H groups in total. The normalized spacial score (nSPS) is 19.0. The van der Waals surface area contributed by atoms with Crippen LogP contribution in [0.25, 0.3) is 0 Å². The van der Waals surface area contributed by atoms with Crippen LogP contribution in [0.2, 0.25) is 0 Å². The molecule has 1 aliphatic rings. The van der Waals surface area contributed by atoms with Crippen LogP contribution < -0.4 is 0 Å². The second-order valence-electron chi connectivity index (χ2n) is 5.93. The lowest BCUT2D eigenvalue weighted by molar-refractivity contribution is 0.243. The van der Waals surface area contributed by atoms with Crippen molar-refractivity contribution in [1.82, 2.24) is 4.90 Å². The number of likely N-dealkylation sites (tertiary alicyclic amines) is 1. The van der Waals surface area contributed by atoms with Crippen molar-refractivity contribution in [3.63, 3.8) is 0 Å². The van der Waals surface area contributed by atoms with E-state index < -0.39 is 10.1 Å². The fourth-order valence-corrected chi connectivity index (χ4v) is 3.87. The molecule has 23 heavy (non-hydrogen) atoms. The highest BCUT2D eigenvalue weighted by molar-refractivity contribution is 7.86. The van der Waals surface area contributed by atoms with E-state index in [9.17, 15) is 8.42 Å². The Labute approximate surface area is 137 Å². The second kappa shape index (κ2) is 7.25. The summed E-state index contributed by atoms with van der Waals surface area (Å²) in [5.74, 6) is 0.261. The van der Waals surface area contributed by atoms with Gasteiger partial charge >= 0.3 is 0 Å². The molecule has 5 heteroatoms. The lowest BCUT2D eigenvalue weighted by Gasteiger charge is -2.16. The monoisotopic (exact) mass is 331 g/mol. The van der Waals surface area contributed by atoms with Gasteiger partial charge in [-0.1, -0.05) is 48.5 Å². The summed E-state index contributed by atoms with van der Waals surface area (Å²) in [6.07, 6.45) is 0.969. The van der Waals surface area contributed by atoms with Gasteiger partial charge in [0.2, 0.25) is 0 Å². The Bertz CT molecular complexity index is 716. The summed E-state index contributed by atoms with van der Waals surface area (Å²) >= 11 is 0. The maximum absolute atomic E-state index is 12.1. The van der Waals surface area contributed by atoms with Crippen molar-refractivity contribution in [2.24, 2.45) is 5.92 Å². The van der Waals surface area contributed by atoms with E-state index in [0.717, 1.165) is 26.1 Å². The summed E-state index contributed by atoms with van der Waals surface area (Å²) < 4.78 is 29.5. The van der Waals surface area contributed by atoms with Crippen LogP contribution in [0.4, 0.5) is 0 Å². The average Bonchev–Trinajstić information content (AvgIpc) is 3.02. The van der Waals surface area contributed by atoms with Gasteiger partial charge in [-0.25, -0.2) is 0 Å². The first-order chi connectivity index (χ1) is 11.1. The summed E-state index contributed by atoms with van der Waals surface area (Å²) in [4.78, 5) is 2.57. The zero-order valence-electron chi connectivity index (χ0n) is 13.0. The Morgan fingerprint density at radius 3 is 2.35 bits per heavy atom. The molecular weight excluding hydrogens is 310 g/mol. The molecule has 4 nitrogen and oxygen atoms in total. The topological polar surface area (TPSA) is 46.6 Å². The molecule has 1 unspecified atom stereocenters. The molecule has 3 rings (SSSR count). The molecule has 0 aliphatic carbocycles. The van der Waals surface area contributed by atoms with E-state index in [4.69, 9.17) is 4.18 Å². The number of nitrogens with zero attached hydrogens (tertiary/aromatic N) is 1. The highest BCUT2D eigenvalue weighted by Gasteiger charge is 2.25. The first-order valence-electron chi connectivity index (χ1n) is 7.84. The van der Waals surface area contributed by atoms with E-state index in [2.05, 4.69) is 17.0 Å². The maximum Gasteiger partial charge on any atom is 0.296 e. The second-order valence-corrected chi connectivity index (χ2v) is 7.54. The van der Waals surface area contributed by atoms with Gasteiger partial charge in [0, 0.05) is 13.1 Å². The van der Waals surface area contributed by atoms with Crippen LogP contribution in [0.3, 0.4) is 0 Å². The number of hydrogen-bond acceptors (Lipinski definition) is 4. The van der Waals surface area contributed by atoms with Crippen LogP contribution in [0.15, 0.2) is 65.6 Å². The summed E-state index contributed by atoms with van der Waals surface area (Å²) in [5, 5.41) is 0. The van der Waals surface area contributed by atoms with Gasteiger partial charge in [-0.3, -0.25) is 9.08 Å². The van der Waals surface area contributed by atoms with E-state index in [1.54, 1.807) is 30.3 Å². The molecule has 0 saturated carbocycles. The molecule has 1 fully saturated rings. The van der Waals surface area contributed by atoms with Crippen molar-refractivity contribution in [3.8, 4) is 0 Å². The Balaban J connectivity index is 1.51. The average molecular weight is 331 g/mol. The Hall–Kier alpha value is -1.69. The van der Waals surface area contributed by atoms with E-state index in [1.165, 1.54) is 5.56 Å². The van der Waals surface area contributed by atoms with Gasteiger partial charge in [-0.05, 0) is 36.6 Å². The fraction of sp³-hybridized carbons (Fsp3) is 0.333. The Kier molecular flexibility index (Phi) is 5.10. The predicted molar refractivity (Wildman–Crippen MR) is 89.4 cm³/mol. The van der Waals surface area contributed by atoms with Crippen LogP contribution in [0, 0.1) is 5.92 Å². The van der Waals surface area contributed by atoms with Gasteiger partial charge in [0.1, 0.15) is 0 Å². The molecule has 1 aliphatic heterocycles. The number of benzene rings is 2. The number of rotatable bonds is 6. The van der Waals surface area contributed by atoms with Crippen LogP contribution in [-0.2, 0) is 20.8 Å². The Morgan fingerprint density at radius 2 is 1.65 bits per heavy atom. The van der Waals surface area contributed by atoms with E-state index in [0.29, 0.717) is 0 Å². The molecule has 122 valence electrons. The molecule has 1 atom stereocenters. The van der Waals surface area contributed by atoms with Crippen LogP contribution in [0.1, 0.15) is 12.0 Å². The van der Waals surface area contributed by atoms with Crippen molar-refractivity contribution < 1.29 is 12.6 Å². The highest BCUT2D eigenvalue weighted by atomic mass is 32.2. The van der Waals surface area contributed by atoms with Crippen molar-refractivity contribution in [3.05, 3.63) is 66.2 Å².